The molecule has 3 rings (SSSR count). The van der Waals surface area contributed by atoms with Crippen LogP contribution in [0.5, 0.6) is 5.75 Å². The molecule has 0 amide bonds. The van der Waals surface area contributed by atoms with Crippen molar-refractivity contribution in [3.05, 3.63) is 64.8 Å². The average molecular weight is 422 g/mol. The van der Waals surface area contributed by atoms with Crippen LogP contribution in [0, 0.1) is 0 Å². The fraction of sp³-hybridized carbons (Fsp3) is 0.118. The van der Waals surface area contributed by atoms with Gasteiger partial charge in [0, 0.05) is 5.56 Å². The molecule has 0 atom stereocenters. The Kier molecular flexibility index (Phi) is 5.91. The van der Waals surface area contributed by atoms with E-state index in [1.54, 1.807) is 36.4 Å². The van der Waals surface area contributed by atoms with E-state index in [9.17, 15) is 9.90 Å². The van der Waals surface area contributed by atoms with Gasteiger partial charge in [-0.3, -0.25) is 4.79 Å². The second kappa shape index (κ2) is 7.70. The molecule has 1 N–H and O–H groups in total. The first-order valence-electron chi connectivity index (χ1n) is 6.76. The van der Waals surface area contributed by atoms with Crippen molar-refractivity contribution in [2.45, 2.75) is 9.88 Å². The van der Waals surface area contributed by atoms with Gasteiger partial charge in [-0.1, -0.05) is 42.5 Å². The zero-order valence-electron chi connectivity index (χ0n) is 12.3. The van der Waals surface area contributed by atoms with Gasteiger partial charge < -0.3 is 9.52 Å². The predicted molar refractivity (Wildman–Crippen MR) is 92.9 cm³/mol. The number of halogens is 1. The van der Waals surface area contributed by atoms with Gasteiger partial charge in [0.05, 0.1) is 5.39 Å². The molecule has 5 heteroatoms. The molecule has 113 valence electrons. The monoisotopic (exact) mass is 423 g/mol. The van der Waals surface area contributed by atoms with Crippen molar-refractivity contribution in [2.24, 2.45) is 0 Å². The third-order valence-corrected chi connectivity index (χ3v) is 2.81. The summed E-state index contributed by atoms with van der Waals surface area (Å²) in [6.45, 7) is 0. The Balaban J connectivity index is 0.000000396. The Morgan fingerprint density at radius 1 is 1.00 bits per heavy atom. The molecule has 0 aliphatic carbocycles. The number of benzene rings is 2. The predicted octanol–water partition coefficient (Wildman–Crippen LogP) is 4.64. The molecule has 2 aromatic carbocycles. The minimum atomic E-state index is -1.07. The molecule has 0 bridgehead atoms. The van der Waals surface area contributed by atoms with E-state index >= 15 is 0 Å². The summed E-state index contributed by atoms with van der Waals surface area (Å²) in [5, 5.41) is 10.3. The molecule has 0 saturated heterocycles. The van der Waals surface area contributed by atoms with E-state index in [1.807, 2.05) is 18.2 Å². The van der Waals surface area contributed by atoms with Crippen LogP contribution in [-0.2, 0) is 0 Å². The van der Waals surface area contributed by atoms with Crippen LogP contribution in [0.1, 0.15) is 0 Å². The summed E-state index contributed by atoms with van der Waals surface area (Å²) in [5.74, 6) is -0.140. The molecule has 0 spiro atoms. The van der Waals surface area contributed by atoms with Crippen molar-refractivity contribution in [2.75, 3.05) is 0 Å². The average Bonchev–Trinajstić information content (AvgIpc) is 2.51. The van der Waals surface area contributed by atoms with Crippen molar-refractivity contribution in [1.29, 1.82) is 0 Å². The summed E-state index contributed by atoms with van der Waals surface area (Å²) in [4.78, 5) is 16.3. The van der Waals surface area contributed by atoms with E-state index in [0.717, 1.165) is 0 Å². The summed E-state index contributed by atoms with van der Waals surface area (Å²) in [7, 11) is 5.47. The van der Waals surface area contributed by atoms with Crippen molar-refractivity contribution < 1.29 is 9.52 Å². The number of fused-ring (bicyclic) bond motifs is 1. The summed E-state index contributed by atoms with van der Waals surface area (Å²) in [6.07, 6.45) is 0. The molecule has 3 aromatic rings. The molecular formula is C17H16ClO3Sn. The maximum absolute atomic E-state index is 12.0. The number of aromatic hydroxyl groups is 1. The Labute approximate surface area is 139 Å². The van der Waals surface area contributed by atoms with E-state index in [1.165, 1.54) is 0 Å². The van der Waals surface area contributed by atoms with E-state index in [-0.39, 0.29) is 11.5 Å². The van der Waals surface area contributed by atoms with Gasteiger partial charge in [0.1, 0.15) is 5.58 Å². The van der Waals surface area contributed by atoms with Gasteiger partial charge in [-0.15, -0.1) is 0 Å². The number of hydrogen-bond donors (Lipinski definition) is 1. The Morgan fingerprint density at radius 3 is 2.18 bits per heavy atom. The van der Waals surface area contributed by atoms with Crippen molar-refractivity contribution in [3.63, 3.8) is 0 Å². The van der Waals surface area contributed by atoms with Gasteiger partial charge >= 0.3 is 37.4 Å². The Hall–Kier alpha value is -1.46. The van der Waals surface area contributed by atoms with Crippen LogP contribution in [0.4, 0.5) is 0 Å². The second-order valence-corrected chi connectivity index (χ2v) is 14.9. The van der Waals surface area contributed by atoms with Crippen LogP contribution in [-0.4, -0.2) is 23.7 Å². The molecular weight excluding hydrogens is 406 g/mol. The van der Waals surface area contributed by atoms with Gasteiger partial charge in [0.2, 0.25) is 11.2 Å². The minimum absolute atomic E-state index is 0.208. The summed E-state index contributed by atoms with van der Waals surface area (Å²) in [6, 6.07) is 15.9. The zero-order chi connectivity index (χ0) is 16.1. The van der Waals surface area contributed by atoms with Crippen LogP contribution in [0.3, 0.4) is 0 Å². The fourth-order valence-electron chi connectivity index (χ4n) is 1.92. The molecule has 0 unspecified atom stereocenters. The molecule has 22 heavy (non-hydrogen) atoms. The Bertz CT molecular complexity index is 810. The summed E-state index contributed by atoms with van der Waals surface area (Å²) < 4.78 is 5.61. The molecule has 0 saturated carbocycles. The number of para-hydroxylation sites is 1. The maximum atomic E-state index is 12.0. The van der Waals surface area contributed by atoms with Gasteiger partial charge in [-0.05, 0) is 12.1 Å². The van der Waals surface area contributed by atoms with Crippen LogP contribution in [0.15, 0.2) is 63.8 Å². The molecule has 1 heterocycles. The van der Waals surface area contributed by atoms with Crippen LogP contribution in [0.25, 0.3) is 22.3 Å². The van der Waals surface area contributed by atoms with Crippen molar-refractivity contribution in [3.8, 4) is 17.1 Å². The molecule has 0 aliphatic heterocycles. The van der Waals surface area contributed by atoms with Crippen LogP contribution < -0.4 is 5.43 Å². The molecule has 3 nitrogen and oxygen atoms in total. The standard InChI is InChI=1S/C15H10O3.2CH3.ClH.Sn/c16-13-11-8-4-5-9-12(11)18-15(14(13)17)10-6-2-1-3-7-10;;;;/h1-9,17H;2*1H3;1H;/q;;;;+1/p-1. The topological polar surface area (TPSA) is 50.4 Å². The second-order valence-electron chi connectivity index (χ2n) is 4.85. The van der Waals surface area contributed by atoms with Gasteiger partial charge in [0.25, 0.3) is 0 Å². The molecule has 1 radical (unpaired) electrons. The molecule has 0 aliphatic rings. The third kappa shape index (κ3) is 4.05. The van der Waals surface area contributed by atoms with Crippen LogP contribution >= 0.6 is 8.92 Å². The third-order valence-electron chi connectivity index (χ3n) is 2.81. The summed E-state index contributed by atoms with van der Waals surface area (Å²) in [5.41, 5.74) is 0.743. The summed E-state index contributed by atoms with van der Waals surface area (Å²) >= 11 is -1.07. The van der Waals surface area contributed by atoms with Crippen LogP contribution in [0.2, 0.25) is 9.88 Å². The SMILES string of the molecule is O=c1c(O)c(-c2ccccc2)oc2ccccc12.[CH3][Sn]([CH3])[Cl]. The van der Waals surface area contributed by atoms with Crippen molar-refractivity contribution in [1.82, 2.24) is 0 Å². The van der Waals surface area contributed by atoms with Crippen molar-refractivity contribution >= 4 is 38.5 Å². The molecule has 0 fully saturated rings. The van der Waals surface area contributed by atoms with E-state index in [4.69, 9.17) is 13.3 Å². The Morgan fingerprint density at radius 2 is 1.55 bits per heavy atom. The first-order valence-corrected chi connectivity index (χ1v) is 16.1. The normalized spacial score (nSPS) is 10.4. The van der Waals surface area contributed by atoms with Gasteiger partial charge in [-0.2, -0.15) is 0 Å². The van der Waals surface area contributed by atoms with Gasteiger partial charge in [0.15, 0.2) is 5.76 Å². The van der Waals surface area contributed by atoms with Gasteiger partial charge in [-0.25, -0.2) is 0 Å². The number of rotatable bonds is 1. The first-order chi connectivity index (χ1) is 10.5. The quantitative estimate of drug-likeness (QED) is 0.581. The van der Waals surface area contributed by atoms with E-state index in [2.05, 4.69) is 9.88 Å². The zero-order valence-corrected chi connectivity index (χ0v) is 15.9. The van der Waals surface area contributed by atoms with E-state index in [0.29, 0.717) is 16.5 Å². The fourth-order valence-corrected chi connectivity index (χ4v) is 1.92. The number of hydrogen-bond acceptors (Lipinski definition) is 3. The van der Waals surface area contributed by atoms with E-state index < -0.39 is 24.1 Å². The first kappa shape index (κ1) is 16.9. The molecule has 1 aromatic heterocycles.